The number of nitrogens with zero attached hydrogens (tertiary/aromatic N) is 3. The molecule has 0 amide bonds. The number of hydrogen-bond acceptors (Lipinski definition) is 6. The third-order valence-electron chi connectivity index (χ3n) is 5.28. The largest absolute Gasteiger partial charge is 0.493 e. The lowest BCUT2D eigenvalue weighted by molar-refractivity contribution is 0.312. The molecule has 30 heavy (non-hydrogen) atoms. The standard InChI is InChI=1S/C22H25N3O4S/c1-16-6-5-8-19(14-16)28-13-11-21-23-22(29-24-21)18-10-12-25(15-18)30(26,27)20-9-4-3-7-17(20)2/h3-9,14,18H,10-13,15H2,1-2H3. The van der Waals surface area contributed by atoms with Gasteiger partial charge in [-0.1, -0.05) is 35.5 Å². The van der Waals surface area contributed by atoms with Gasteiger partial charge in [-0.15, -0.1) is 0 Å². The summed E-state index contributed by atoms with van der Waals surface area (Å²) < 4.78 is 38.6. The van der Waals surface area contributed by atoms with Crippen LogP contribution in [0.4, 0.5) is 0 Å². The van der Waals surface area contributed by atoms with Crippen molar-refractivity contribution in [1.29, 1.82) is 0 Å². The topological polar surface area (TPSA) is 85.5 Å². The summed E-state index contributed by atoms with van der Waals surface area (Å²) in [4.78, 5) is 4.82. The van der Waals surface area contributed by atoms with Crippen molar-refractivity contribution < 1.29 is 17.7 Å². The normalized spacial score (nSPS) is 17.3. The maximum atomic E-state index is 13.0. The molecule has 4 rings (SSSR count). The van der Waals surface area contributed by atoms with Crippen molar-refractivity contribution >= 4 is 10.0 Å². The molecule has 7 nitrogen and oxygen atoms in total. The summed E-state index contributed by atoms with van der Waals surface area (Å²) >= 11 is 0. The van der Waals surface area contributed by atoms with Crippen LogP contribution in [-0.4, -0.2) is 42.6 Å². The molecule has 158 valence electrons. The van der Waals surface area contributed by atoms with Crippen molar-refractivity contribution in [2.75, 3.05) is 19.7 Å². The van der Waals surface area contributed by atoms with Crippen LogP contribution < -0.4 is 4.74 Å². The maximum Gasteiger partial charge on any atom is 0.243 e. The van der Waals surface area contributed by atoms with E-state index in [1.165, 1.54) is 4.31 Å². The SMILES string of the molecule is Cc1cccc(OCCc2noc(C3CCN(S(=O)(=O)c4ccccc4C)C3)n2)c1. The van der Waals surface area contributed by atoms with Crippen LogP contribution in [-0.2, 0) is 16.4 Å². The summed E-state index contributed by atoms with van der Waals surface area (Å²) in [5.41, 5.74) is 1.88. The van der Waals surface area contributed by atoms with E-state index in [1.807, 2.05) is 50.2 Å². The second kappa shape index (κ2) is 8.57. The second-order valence-electron chi connectivity index (χ2n) is 7.58. The summed E-state index contributed by atoms with van der Waals surface area (Å²) in [6.45, 7) is 5.06. The van der Waals surface area contributed by atoms with E-state index in [4.69, 9.17) is 9.26 Å². The van der Waals surface area contributed by atoms with Crippen molar-refractivity contribution in [3.05, 3.63) is 71.4 Å². The van der Waals surface area contributed by atoms with Gasteiger partial charge in [-0.05, 0) is 49.6 Å². The van der Waals surface area contributed by atoms with Gasteiger partial charge in [-0.3, -0.25) is 0 Å². The van der Waals surface area contributed by atoms with Gasteiger partial charge in [0, 0.05) is 19.5 Å². The first-order valence-corrected chi connectivity index (χ1v) is 11.5. The van der Waals surface area contributed by atoms with Crippen LogP contribution in [0, 0.1) is 13.8 Å². The van der Waals surface area contributed by atoms with E-state index in [0.29, 0.717) is 49.1 Å². The molecule has 2 aromatic carbocycles. The monoisotopic (exact) mass is 427 g/mol. The first kappa shape index (κ1) is 20.6. The third-order valence-corrected chi connectivity index (χ3v) is 7.30. The van der Waals surface area contributed by atoms with E-state index in [9.17, 15) is 8.42 Å². The molecule has 1 fully saturated rings. The highest BCUT2D eigenvalue weighted by molar-refractivity contribution is 7.89. The fourth-order valence-electron chi connectivity index (χ4n) is 3.63. The summed E-state index contributed by atoms with van der Waals surface area (Å²) in [6.07, 6.45) is 1.18. The van der Waals surface area contributed by atoms with Crippen LogP contribution in [0.15, 0.2) is 57.9 Å². The molecule has 1 aliphatic rings. The highest BCUT2D eigenvalue weighted by Crippen LogP contribution is 2.31. The molecule has 1 saturated heterocycles. The van der Waals surface area contributed by atoms with Gasteiger partial charge in [0.15, 0.2) is 5.82 Å². The lowest BCUT2D eigenvalue weighted by Crippen LogP contribution is -2.29. The van der Waals surface area contributed by atoms with E-state index in [1.54, 1.807) is 12.1 Å². The molecule has 1 aliphatic heterocycles. The smallest absolute Gasteiger partial charge is 0.243 e. The van der Waals surface area contributed by atoms with E-state index in [-0.39, 0.29) is 5.92 Å². The highest BCUT2D eigenvalue weighted by atomic mass is 32.2. The Balaban J connectivity index is 1.36. The Morgan fingerprint density at radius 2 is 2.00 bits per heavy atom. The van der Waals surface area contributed by atoms with Crippen molar-refractivity contribution in [2.45, 2.75) is 37.5 Å². The second-order valence-corrected chi connectivity index (χ2v) is 9.48. The number of sulfonamides is 1. The fourth-order valence-corrected chi connectivity index (χ4v) is 5.36. The van der Waals surface area contributed by atoms with E-state index < -0.39 is 10.0 Å². The summed E-state index contributed by atoms with van der Waals surface area (Å²) in [7, 11) is -3.53. The molecular formula is C22H25N3O4S. The van der Waals surface area contributed by atoms with Crippen LogP contribution in [0.25, 0.3) is 0 Å². The Morgan fingerprint density at radius 1 is 1.17 bits per heavy atom. The number of ether oxygens (including phenoxy) is 1. The number of aryl methyl sites for hydroxylation is 2. The minimum atomic E-state index is -3.53. The molecule has 8 heteroatoms. The predicted octanol–water partition coefficient (Wildman–Crippen LogP) is 3.49. The molecule has 0 N–H and O–H groups in total. The number of benzene rings is 2. The van der Waals surface area contributed by atoms with Crippen molar-refractivity contribution in [3.8, 4) is 5.75 Å². The Kier molecular flexibility index (Phi) is 5.87. The van der Waals surface area contributed by atoms with Gasteiger partial charge in [0.25, 0.3) is 0 Å². The van der Waals surface area contributed by atoms with Crippen molar-refractivity contribution in [3.63, 3.8) is 0 Å². The molecule has 1 unspecified atom stereocenters. The van der Waals surface area contributed by atoms with Crippen molar-refractivity contribution in [2.24, 2.45) is 0 Å². The molecule has 0 radical (unpaired) electrons. The van der Waals surface area contributed by atoms with Crippen LogP contribution in [0.3, 0.4) is 0 Å². The highest BCUT2D eigenvalue weighted by Gasteiger charge is 2.36. The summed E-state index contributed by atoms with van der Waals surface area (Å²) in [5.74, 6) is 1.77. The fraction of sp³-hybridized carbons (Fsp3) is 0.364. The number of aromatic nitrogens is 2. The molecule has 0 aliphatic carbocycles. The van der Waals surface area contributed by atoms with Crippen LogP contribution in [0.1, 0.15) is 35.2 Å². The first-order chi connectivity index (χ1) is 14.4. The van der Waals surface area contributed by atoms with Crippen LogP contribution in [0.5, 0.6) is 5.75 Å². The zero-order valence-electron chi connectivity index (χ0n) is 17.1. The molecule has 1 atom stereocenters. The Labute approximate surface area is 176 Å². The van der Waals surface area contributed by atoms with E-state index in [0.717, 1.165) is 16.9 Å². The molecular weight excluding hydrogens is 402 g/mol. The lowest BCUT2D eigenvalue weighted by Gasteiger charge is -2.17. The maximum absolute atomic E-state index is 13.0. The zero-order chi connectivity index (χ0) is 21.1. The number of hydrogen-bond donors (Lipinski definition) is 0. The van der Waals surface area contributed by atoms with Crippen LogP contribution >= 0.6 is 0 Å². The molecule has 0 saturated carbocycles. The molecule has 2 heterocycles. The van der Waals surface area contributed by atoms with Gasteiger partial charge in [-0.2, -0.15) is 9.29 Å². The zero-order valence-corrected chi connectivity index (χ0v) is 17.9. The lowest BCUT2D eigenvalue weighted by atomic mass is 10.1. The predicted molar refractivity (Wildman–Crippen MR) is 112 cm³/mol. The van der Waals surface area contributed by atoms with Gasteiger partial charge in [0.05, 0.1) is 17.4 Å². The minimum Gasteiger partial charge on any atom is -0.493 e. The average molecular weight is 428 g/mol. The summed E-state index contributed by atoms with van der Waals surface area (Å²) in [5, 5.41) is 4.03. The van der Waals surface area contributed by atoms with Crippen molar-refractivity contribution in [1.82, 2.24) is 14.4 Å². The van der Waals surface area contributed by atoms with E-state index >= 15 is 0 Å². The molecule has 1 aromatic heterocycles. The molecule has 3 aromatic rings. The Bertz CT molecular complexity index is 1130. The third kappa shape index (κ3) is 4.39. The van der Waals surface area contributed by atoms with Crippen LogP contribution in [0.2, 0.25) is 0 Å². The summed E-state index contributed by atoms with van der Waals surface area (Å²) in [6, 6.07) is 14.9. The van der Waals surface area contributed by atoms with E-state index in [2.05, 4.69) is 10.1 Å². The van der Waals surface area contributed by atoms with Gasteiger partial charge in [0.1, 0.15) is 5.75 Å². The Morgan fingerprint density at radius 3 is 2.80 bits per heavy atom. The average Bonchev–Trinajstić information content (AvgIpc) is 3.38. The van der Waals surface area contributed by atoms with Gasteiger partial charge in [-0.25, -0.2) is 8.42 Å². The Hall–Kier alpha value is -2.71. The first-order valence-electron chi connectivity index (χ1n) is 10.0. The molecule has 0 bridgehead atoms. The molecule has 0 spiro atoms. The quantitative estimate of drug-likeness (QED) is 0.574. The number of rotatable bonds is 7. The van der Waals surface area contributed by atoms with Gasteiger partial charge in [0.2, 0.25) is 15.9 Å². The van der Waals surface area contributed by atoms with Gasteiger partial charge < -0.3 is 9.26 Å². The minimum absolute atomic E-state index is 0.0947. The van der Waals surface area contributed by atoms with Gasteiger partial charge >= 0.3 is 0 Å².